The van der Waals surface area contributed by atoms with Crippen molar-refractivity contribution < 1.29 is 28.6 Å². The van der Waals surface area contributed by atoms with E-state index in [0.29, 0.717) is 19.3 Å². The normalized spacial score (nSPS) is 12.1. The molecular weight excluding hydrogens is 877 g/mol. The van der Waals surface area contributed by atoms with E-state index in [1.807, 2.05) is 0 Å². The number of carbonyl (C=O) groups is 3. The van der Waals surface area contributed by atoms with Crippen LogP contribution in [0.1, 0.15) is 355 Å². The summed E-state index contributed by atoms with van der Waals surface area (Å²) in [5.41, 5.74) is 0. The third-order valence-corrected chi connectivity index (χ3v) is 14.5. The summed E-state index contributed by atoms with van der Waals surface area (Å²) in [4.78, 5) is 38.1. The largest absolute Gasteiger partial charge is 0.462 e. The van der Waals surface area contributed by atoms with Gasteiger partial charge < -0.3 is 14.2 Å². The van der Waals surface area contributed by atoms with Crippen LogP contribution < -0.4 is 0 Å². The zero-order valence-electron chi connectivity index (χ0n) is 48.0. The molecule has 71 heavy (non-hydrogen) atoms. The van der Waals surface area contributed by atoms with Crippen molar-refractivity contribution in [1.29, 1.82) is 0 Å². The Kier molecular flexibility index (Phi) is 58.6. The monoisotopic (exact) mass is 999 g/mol. The Hall–Kier alpha value is -2.11. The first kappa shape index (κ1) is 68.9. The van der Waals surface area contributed by atoms with Gasteiger partial charge >= 0.3 is 17.9 Å². The molecule has 6 heteroatoms. The van der Waals surface area contributed by atoms with Crippen molar-refractivity contribution in [2.45, 2.75) is 361 Å². The SMILES string of the molecule is CCCC/C=C\C/C=C\CCCCCCCC(=O)OC(COC(=O)CCCCCCCCCCCC)COC(=O)CCCCCCCCCCCCCCCCCCCCCCCCCCCCCCC. The molecule has 0 amide bonds. The Morgan fingerprint density at radius 3 is 0.817 bits per heavy atom. The molecule has 1 unspecified atom stereocenters. The second-order valence-corrected chi connectivity index (χ2v) is 21.7. The minimum absolute atomic E-state index is 0.0717. The number of unbranched alkanes of at least 4 members (excludes halogenated alkanes) is 44. The molecule has 0 fully saturated rings. The maximum atomic E-state index is 12.8. The Morgan fingerprint density at radius 1 is 0.282 bits per heavy atom. The average Bonchev–Trinajstić information content (AvgIpc) is 3.37. The van der Waals surface area contributed by atoms with Gasteiger partial charge in [-0.2, -0.15) is 0 Å². The molecule has 0 aromatic rings. The summed E-state index contributed by atoms with van der Waals surface area (Å²) in [5.74, 6) is -0.866. The van der Waals surface area contributed by atoms with Crippen molar-refractivity contribution in [2.24, 2.45) is 0 Å². The number of hydrogen-bond donors (Lipinski definition) is 0. The molecule has 0 N–H and O–H groups in total. The molecule has 0 aliphatic rings. The molecule has 0 saturated heterocycles. The zero-order chi connectivity index (χ0) is 51.4. The van der Waals surface area contributed by atoms with Crippen LogP contribution in [0.2, 0.25) is 0 Å². The predicted octanol–water partition coefficient (Wildman–Crippen LogP) is 21.4. The van der Waals surface area contributed by atoms with Crippen molar-refractivity contribution in [1.82, 2.24) is 0 Å². The summed E-state index contributed by atoms with van der Waals surface area (Å²) in [6, 6.07) is 0. The van der Waals surface area contributed by atoms with Gasteiger partial charge in [-0.15, -0.1) is 0 Å². The van der Waals surface area contributed by atoms with E-state index in [4.69, 9.17) is 14.2 Å². The first-order valence-electron chi connectivity index (χ1n) is 31.8. The molecule has 0 saturated carbocycles. The van der Waals surface area contributed by atoms with Gasteiger partial charge in [0.25, 0.3) is 0 Å². The lowest BCUT2D eigenvalue weighted by molar-refractivity contribution is -0.167. The Labute approximate surface area is 443 Å². The zero-order valence-corrected chi connectivity index (χ0v) is 48.0. The molecule has 0 aromatic carbocycles. The van der Waals surface area contributed by atoms with Gasteiger partial charge in [0.05, 0.1) is 0 Å². The summed E-state index contributed by atoms with van der Waals surface area (Å²) in [7, 11) is 0. The van der Waals surface area contributed by atoms with Crippen molar-refractivity contribution in [3.63, 3.8) is 0 Å². The summed E-state index contributed by atoms with van der Waals surface area (Å²) in [6.07, 6.45) is 72.1. The topological polar surface area (TPSA) is 78.9 Å². The highest BCUT2D eigenvalue weighted by molar-refractivity contribution is 5.71. The van der Waals surface area contributed by atoms with Gasteiger partial charge in [-0.1, -0.05) is 315 Å². The lowest BCUT2D eigenvalue weighted by Crippen LogP contribution is -2.30. The highest BCUT2D eigenvalue weighted by Crippen LogP contribution is 2.18. The van der Waals surface area contributed by atoms with Gasteiger partial charge in [0.2, 0.25) is 0 Å². The van der Waals surface area contributed by atoms with E-state index in [9.17, 15) is 14.4 Å². The molecule has 0 aliphatic carbocycles. The van der Waals surface area contributed by atoms with Crippen molar-refractivity contribution in [2.75, 3.05) is 13.2 Å². The maximum Gasteiger partial charge on any atom is 0.306 e. The molecule has 0 spiro atoms. The molecule has 0 aromatic heterocycles. The minimum Gasteiger partial charge on any atom is -0.462 e. The van der Waals surface area contributed by atoms with E-state index in [2.05, 4.69) is 45.1 Å². The van der Waals surface area contributed by atoms with Crippen LogP contribution in [0.25, 0.3) is 0 Å². The molecule has 0 bridgehead atoms. The molecule has 0 radical (unpaired) electrons. The van der Waals surface area contributed by atoms with Gasteiger partial charge in [-0.3, -0.25) is 14.4 Å². The maximum absolute atomic E-state index is 12.8. The lowest BCUT2D eigenvalue weighted by Gasteiger charge is -2.18. The quantitative estimate of drug-likeness (QED) is 0.0261. The number of ether oxygens (including phenoxy) is 3. The minimum atomic E-state index is -0.773. The highest BCUT2D eigenvalue weighted by Gasteiger charge is 2.19. The van der Waals surface area contributed by atoms with Crippen molar-refractivity contribution in [3.05, 3.63) is 24.3 Å². The summed E-state index contributed by atoms with van der Waals surface area (Å²) in [6.45, 7) is 6.63. The van der Waals surface area contributed by atoms with Crippen LogP contribution in [0, 0.1) is 0 Å². The fraction of sp³-hybridized carbons (Fsp3) is 0.892. The third kappa shape index (κ3) is 58.7. The van der Waals surface area contributed by atoms with Crippen molar-refractivity contribution >= 4 is 17.9 Å². The van der Waals surface area contributed by atoms with Crippen LogP contribution in [0.4, 0.5) is 0 Å². The standard InChI is InChI=1S/C65H122O6/c1-4-7-10-13-16-19-22-24-26-27-28-29-30-31-32-33-34-35-36-37-38-39-40-42-43-46-49-52-55-58-64(67)70-61-62(60-69-63(66)57-54-51-48-45-21-18-15-12-9-6-3)71-65(68)59-56-53-50-47-44-41-25-23-20-17-14-11-8-5-2/h14,17,23,25,62H,4-13,15-16,18-22,24,26-61H2,1-3H3/b17-14-,25-23-. The van der Waals surface area contributed by atoms with Crippen molar-refractivity contribution in [3.8, 4) is 0 Å². The number of hydrogen-bond acceptors (Lipinski definition) is 6. The summed E-state index contributed by atoms with van der Waals surface area (Å²) >= 11 is 0. The smallest absolute Gasteiger partial charge is 0.306 e. The van der Waals surface area contributed by atoms with E-state index < -0.39 is 6.10 Å². The van der Waals surface area contributed by atoms with E-state index in [-0.39, 0.29) is 31.1 Å². The van der Waals surface area contributed by atoms with Crippen LogP contribution in [-0.4, -0.2) is 37.2 Å². The predicted molar refractivity (Wildman–Crippen MR) is 307 cm³/mol. The highest BCUT2D eigenvalue weighted by atomic mass is 16.6. The number of carbonyl (C=O) groups excluding carboxylic acids is 3. The second kappa shape index (κ2) is 60.4. The van der Waals surface area contributed by atoms with E-state index in [0.717, 1.165) is 83.5 Å². The Morgan fingerprint density at radius 2 is 0.521 bits per heavy atom. The average molecular weight is 1000 g/mol. The van der Waals surface area contributed by atoms with Crippen LogP contribution >= 0.6 is 0 Å². The molecule has 6 nitrogen and oxygen atoms in total. The molecule has 418 valence electrons. The van der Waals surface area contributed by atoms with Gasteiger partial charge in [-0.25, -0.2) is 0 Å². The van der Waals surface area contributed by atoms with Gasteiger partial charge in [0.1, 0.15) is 13.2 Å². The molecular formula is C65H122O6. The second-order valence-electron chi connectivity index (χ2n) is 21.7. The van der Waals surface area contributed by atoms with E-state index in [1.165, 1.54) is 231 Å². The first-order valence-corrected chi connectivity index (χ1v) is 31.8. The van der Waals surface area contributed by atoms with Gasteiger partial charge in [-0.05, 0) is 44.9 Å². The van der Waals surface area contributed by atoms with E-state index in [1.54, 1.807) is 0 Å². The number of rotatable bonds is 59. The molecule has 0 rings (SSSR count). The van der Waals surface area contributed by atoms with E-state index >= 15 is 0 Å². The van der Waals surface area contributed by atoms with Crippen LogP contribution in [0.5, 0.6) is 0 Å². The summed E-state index contributed by atoms with van der Waals surface area (Å²) in [5, 5.41) is 0. The number of esters is 3. The van der Waals surface area contributed by atoms with Crippen LogP contribution in [0.15, 0.2) is 24.3 Å². The fourth-order valence-electron chi connectivity index (χ4n) is 9.64. The summed E-state index contributed by atoms with van der Waals surface area (Å²) < 4.78 is 16.9. The molecule has 0 aliphatic heterocycles. The van der Waals surface area contributed by atoms with Gasteiger partial charge in [0, 0.05) is 19.3 Å². The lowest BCUT2D eigenvalue weighted by atomic mass is 10.0. The Balaban J connectivity index is 4.07. The molecule has 0 heterocycles. The number of allylic oxidation sites excluding steroid dienone is 4. The first-order chi connectivity index (χ1) is 35.0. The van der Waals surface area contributed by atoms with Crippen LogP contribution in [-0.2, 0) is 28.6 Å². The van der Waals surface area contributed by atoms with Crippen LogP contribution in [0.3, 0.4) is 0 Å². The fourth-order valence-corrected chi connectivity index (χ4v) is 9.64. The molecule has 1 atom stereocenters. The Bertz CT molecular complexity index is 1150. The third-order valence-electron chi connectivity index (χ3n) is 14.5. The van der Waals surface area contributed by atoms with Gasteiger partial charge in [0.15, 0.2) is 6.10 Å².